The molecule has 0 aliphatic heterocycles. The lowest BCUT2D eigenvalue weighted by molar-refractivity contribution is 1.12. The summed E-state index contributed by atoms with van der Waals surface area (Å²) in [5.74, 6) is 0.268. The molecular weight excluding hydrogens is 299 g/mol. The minimum absolute atomic E-state index is 0.00784. The Morgan fingerprint density at radius 3 is 2.85 bits per heavy atom. The predicted molar refractivity (Wildman–Crippen MR) is 79.9 cm³/mol. The summed E-state index contributed by atoms with van der Waals surface area (Å²) in [5.41, 5.74) is 0.943. The minimum Gasteiger partial charge on any atom is -0.337 e. The largest absolute Gasteiger partial charge is 0.337 e. The quantitative estimate of drug-likeness (QED) is 0.761. The van der Waals surface area contributed by atoms with Gasteiger partial charge in [-0.15, -0.1) is 0 Å². The van der Waals surface area contributed by atoms with Crippen LogP contribution in [-0.4, -0.2) is 15.0 Å². The molecule has 100 valence electrons. The van der Waals surface area contributed by atoms with Gasteiger partial charge in [0.05, 0.1) is 22.6 Å². The van der Waals surface area contributed by atoms with Crippen molar-refractivity contribution in [3.63, 3.8) is 0 Å². The van der Waals surface area contributed by atoms with E-state index < -0.39 is 5.56 Å². The number of benzene rings is 1. The molecule has 0 saturated carbocycles. The third kappa shape index (κ3) is 2.21. The van der Waals surface area contributed by atoms with Crippen LogP contribution in [0.15, 0.2) is 41.6 Å². The molecule has 0 aliphatic carbocycles. The molecule has 0 bridgehead atoms. The molecule has 0 amide bonds. The first kappa shape index (κ1) is 12.9. The monoisotopic (exact) mass is 306 g/mol. The number of aromatic nitrogens is 3. The summed E-state index contributed by atoms with van der Waals surface area (Å²) in [6.07, 6.45) is 2.94. The van der Waals surface area contributed by atoms with Crippen LogP contribution >= 0.6 is 23.2 Å². The van der Waals surface area contributed by atoms with Gasteiger partial charge in [0.15, 0.2) is 5.82 Å². The Bertz CT molecular complexity index is 847. The van der Waals surface area contributed by atoms with E-state index in [1.807, 2.05) is 6.07 Å². The lowest BCUT2D eigenvalue weighted by Crippen LogP contribution is -2.09. The number of nitrogens with one attached hydrogen (secondary N) is 2. The third-order valence-electron chi connectivity index (χ3n) is 2.77. The number of hydrogen-bond donors (Lipinski definition) is 2. The Labute approximate surface area is 123 Å². The molecule has 5 nitrogen and oxygen atoms in total. The van der Waals surface area contributed by atoms with Gasteiger partial charge >= 0.3 is 0 Å². The van der Waals surface area contributed by atoms with Gasteiger partial charge in [0.1, 0.15) is 5.02 Å². The van der Waals surface area contributed by atoms with E-state index in [0.717, 1.165) is 5.39 Å². The summed E-state index contributed by atoms with van der Waals surface area (Å²) in [6.45, 7) is 0. The average molecular weight is 307 g/mol. The summed E-state index contributed by atoms with van der Waals surface area (Å²) in [4.78, 5) is 22.1. The van der Waals surface area contributed by atoms with Crippen LogP contribution < -0.4 is 10.9 Å². The second-order valence-electron chi connectivity index (χ2n) is 4.01. The summed E-state index contributed by atoms with van der Waals surface area (Å²) < 4.78 is 0. The molecule has 3 aromatic rings. The molecule has 0 spiro atoms. The summed E-state index contributed by atoms with van der Waals surface area (Å²) in [6, 6.07) is 7.17. The first-order chi connectivity index (χ1) is 9.66. The zero-order valence-electron chi connectivity index (χ0n) is 10.0. The van der Waals surface area contributed by atoms with Crippen LogP contribution in [0.25, 0.3) is 10.9 Å². The zero-order valence-corrected chi connectivity index (χ0v) is 11.5. The Morgan fingerprint density at radius 1 is 1.15 bits per heavy atom. The van der Waals surface area contributed by atoms with Crippen LogP contribution in [0.5, 0.6) is 0 Å². The van der Waals surface area contributed by atoms with Gasteiger partial charge in [-0.3, -0.25) is 9.78 Å². The lowest BCUT2D eigenvalue weighted by Gasteiger charge is -2.09. The fraction of sp³-hybridized carbons (Fsp3) is 0. The van der Waals surface area contributed by atoms with Crippen molar-refractivity contribution in [3.8, 4) is 0 Å². The summed E-state index contributed by atoms with van der Waals surface area (Å²) >= 11 is 12.0. The van der Waals surface area contributed by atoms with Gasteiger partial charge < -0.3 is 10.3 Å². The van der Waals surface area contributed by atoms with Gasteiger partial charge in [-0.05, 0) is 24.3 Å². The molecule has 2 heterocycles. The number of aromatic amines is 1. The second kappa shape index (κ2) is 5.11. The molecular formula is C13H8Cl2N4O. The molecule has 2 aromatic heterocycles. The van der Waals surface area contributed by atoms with Crippen molar-refractivity contribution in [2.24, 2.45) is 0 Å². The Balaban J connectivity index is 2.14. The molecule has 7 heteroatoms. The molecule has 3 rings (SSSR count). The zero-order chi connectivity index (χ0) is 14.1. The highest BCUT2D eigenvalue weighted by atomic mass is 35.5. The molecule has 0 radical (unpaired) electrons. The third-order valence-corrected chi connectivity index (χ3v) is 3.45. The number of halogens is 2. The van der Waals surface area contributed by atoms with E-state index in [4.69, 9.17) is 23.2 Å². The number of rotatable bonds is 2. The first-order valence-corrected chi connectivity index (χ1v) is 6.46. The van der Waals surface area contributed by atoms with Gasteiger partial charge in [-0.1, -0.05) is 23.2 Å². The maximum atomic E-state index is 11.4. The van der Waals surface area contributed by atoms with Gasteiger partial charge in [0.25, 0.3) is 5.56 Å². The summed E-state index contributed by atoms with van der Waals surface area (Å²) in [5, 5.41) is 4.40. The Hall–Kier alpha value is -2.11. The molecule has 0 atom stereocenters. The van der Waals surface area contributed by atoms with Crippen molar-refractivity contribution in [2.75, 3.05) is 5.32 Å². The molecule has 0 saturated heterocycles. The smallest absolute Gasteiger partial charge is 0.271 e. The minimum atomic E-state index is -0.407. The second-order valence-corrected chi connectivity index (χ2v) is 4.80. The molecule has 20 heavy (non-hydrogen) atoms. The fourth-order valence-electron chi connectivity index (χ4n) is 1.84. The normalized spacial score (nSPS) is 10.7. The van der Waals surface area contributed by atoms with Gasteiger partial charge in [0.2, 0.25) is 0 Å². The van der Waals surface area contributed by atoms with Crippen LogP contribution in [0.2, 0.25) is 10.0 Å². The molecule has 0 aliphatic rings. The fourth-order valence-corrected chi connectivity index (χ4v) is 2.20. The van der Waals surface area contributed by atoms with Crippen LogP contribution in [0, 0.1) is 0 Å². The van der Waals surface area contributed by atoms with Crippen LogP contribution in [-0.2, 0) is 0 Å². The van der Waals surface area contributed by atoms with Crippen molar-refractivity contribution in [2.45, 2.75) is 0 Å². The maximum Gasteiger partial charge on any atom is 0.271 e. The van der Waals surface area contributed by atoms with Crippen molar-refractivity contribution in [1.29, 1.82) is 0 Å². The average Bonchev–Trinajstić information content (AvgIpc) is 2.47. The van der Waals surface area contributed by atoms with Crippen LogP contribution in [0.3, 0.4) is 0 Å². The van der Waals surface area contributed by atoms with Crippen molar-refractivity contribution in [1.82, 2.24) is 15.0 Å². The van der Waals surface area contributed by atoms with Crippen molar-refractivity contribution in [3.05, 3.63) is 57.2 Å². The van der Waals surface area contributed by atoms with Crippen LogP contribution in [0.4, 0.5) is 11.5 Å². The summed E-state index contributed by atoms with van der Waals surface area (Å²) in [7, 11) is 0. The van der Waals surface area contributed by atoms with E-state index in [2.05, 4.69) is 20.3 Å². The standard InChI is InChI=1S/C13H8Cl2N4O/c14-8-3-4-9(11-7(8)2-1-5-16-11)19-12-10(15)13(20)18-6-17-12/h1-6H,(H2,17,18,19,20). The Morgan fingerprint density at radius 2 is 2.00 bits per heavy atom. The van der Waals surface area contributed by atoms with E-state index in [1.54, 1.807) is 24.4 Å². The van der Waals surface area contributed by atoms with E-state index in [-0.39, 0.29) is 10.8 Å². The number of pyridine rings is 1. The number of fused-ring (bicyclic) bond motifs is 1. The highest BCUT2D eigenvalue weighted by Gasteiger charge is 2.10. The first-order valence-electron chi connectivity index (χ1n) is 5.70. The highest BCUT2D eigenvalue weighted by molar-refractivity contribution is 6.36. The Kier molecular flexibility index (Phi) is 3.30. The molecule has 2 N–H and O–H groups in total. The predicted octanol–water partition coefficient (Wildman–Crippen LogP) is 3.37. The number of H-pyrrole nitrogens is 1. The van der Waals surface area contributed by atoms with Crippen molar-refractivity contribution < 1.29 is 0 Å². The molecule has 0 unspecified atom stereocenters. The number of nitrogens with zero attached hydrogens (tertiary/aromatic N) is 2. The lowest BCUT2D eigenvalue weighted by atomic mass is 10.2. The highest BCUT2D eigenvalue weighted by Crippen LogP contribution is 2.30. The van der Waals surface area contributed by atoms with Gasteiger partial charge in [-0.25, -0.2) is 4.98 Å². The van der Waals surface area contributed by atoms with Crippen molar-refractivity contribution >= 4 is 45.6 Å². The number of anilines is 2. The molecule has 0 fully saturated rings. The topological polar surface area (TPSA) is 70.7 Å². The van der Waals surface area contributed by atoms with E-state index in [0.29, 0.717) is 16.2 Å². The SMILES string of the molecule is O=c1[nH]cnc(Nc2ccc(Cl)c3cccnc23)c1Cl. The maximum absolute atomic E-state index is 11.4. The number of hydrogen-bond acceptors (Lipinski definition) is 4. The van der Waals surface area contributed by atoms with Gasteiger partial charge in [-0.2, -0.15) is 0 Å². The van der Waals surface area contributed by atoms with Gasteiger partial charge in [0, 0.05) is 11.6 Å². The van der Waals surface area contributed by atoms with Crippen LogP contribution in [0.1, 0.15) is 0 Å². The van der Waals surface area contributed by atoms with E-state index in [9.17, 15) is 4.79 Å². The van der Waals surface area contributed by atoms with E-state index in [1.165, 1.54) is 6.33 Å². The molecule has 1 aromatic carbocycles. The van der Waals surface area contributed by atoms with E-state index >= 15 is 0 Å².